The van der Waals surface area contributed by atoms with Gasteiger partial charge in [0.25, 0.3) is 0 Å². The molecule has 0 atom stereocenters. The van der Waals surface area contributed by atoms with Crippen molar-refractivity contribution in [3.63, 3.8) is 0 Å². The summed E-state index contributed by atoms with van der Waals surface area (Å²) < 4.78 is 0. The van der Waals surface area contributed by atoms with Gasteiger partial charge < -0.3 is 0 Å². The van der Waals surface area contributed by atoms with Gasteiger partial charge in [-0.15, -0.1) is 11.8 Å². The molecule has 8 heavy (non-hydrogen) atoms. The minimum Gasteiger partial charge on any atom is -0.134 e. The maximum Gasteiger partial charge on any atom is -0.000671 e. The summed E-state index contributed by atoms with van der Waals surface area (Å²) in [6, 6.07) is 0. The average Bonchev–Trinajstić information content (AvgIpc) is 2.14. The van der Waals surface area contributed by atoms with Crippen LogP contribution in [-0.4, -0.2) is 6.26 Å². The largest absolute Gasteiger partial charge is 0.134 e. The second kappa shape index (κ2) is 2.40. The number of hydrogen-bond donors (Lipinski definition) is 0. The van der Waals surface area contributed by atoms with Crippen molar-refractivity contribution in [2.75, 3.05) is 6.26 Å². The van der Waals surface area contributed by atoms with Crippen LogP contribution in [0.1, 0.15) is 13.3 Å². The summed E-state index contributed by atoms with van der Waals surface area (Å²) in [6.07, 6.45) is 7.69. The van der Waals surface area contributed by atoms with E-state index in [1.54, 1.807) is 0 Å². The topological polar surface area (TPSA) is 0 Å². The van der Waals surface area contributed by atoms with E-state index in [1.165, 1.54) is 16.9 Å². The van der Waals surface area contributed by atoms with Crippen molar-refractivity contribution < 1.29 is 0 Å². The molecule has 0 fully saturated rings. The van der Waals surface area contributed by atoms with Crippen LogP contribution < -0.4 is 0 Å². The van der Waals surface area contributed by atoms with E-state index in [0.717, 1.165) is 0 Å². The molecule has 0 aliphatic heterocycles. The van der Waals surface area contributed by atoms with Gasteiger partial charge in [0.15, 0.2) is 0 Å². The molecular weight excluding hydrogens is 116 g/mol. The molecule has 1 heteroatoms. The van der Waals surface area contributed by atoms with E-state index in [-0.39, 0.29) is 0 Å². The van der Waals surface area contributed by atoms with Gasteiger partial charge in [0.1, 0.15) is 0 Å². The first kappa shape index (κ1) is 5.96. The fourth-order valence-electron chi connectivity index (χ4n) is 0.768. The Morgan fingerprint density at radius 2 is 2.25 bits per heavy atom. The van der Waals surface area contributed by atoms with E-state index < -0.39 is 0 Å². The highest BCUT2D eigenvalue weighted by molar-refractivity contribution is 8.02. The Hall–Kier alpha value is -0.170. The van der Waals surface area contributed by atoms with Crippen LogP contribution in [0.3, 0.4) is 0 Å². The van der Waals surface area contributed by atoms with Crippen molar-refractivity contribution in [2.45, 2.75) is 13.3 Å². The first-order valence-electron chi connectivity index (χ1n) is 2.73. The van der Waals surface area contributed by atoms with Crippen LogP contribution in [0.5, 0.6) is 0 Å². The Labute approximate surface area is 54.7 Å². The molecule has 0 spiro atoms. The Morgan fingerprint density at radius 3 is 2.50 bits per heavy atom. The fraction of sp³-hybridized carbons (Fsp3) is 0.429. The molecule has 1 aliphatic rings. The summed E-state index contributed by atoms with van der Waals surface area (Å²) in [5, 5.41) is 0. The highest BCUT2D eigenvalue weighted by atomic mass is 32.2. The van der Waals surface area contributed by atoms with E-state index in [0.29, 0.717) is 0 Å². The predicted octanol–water partition coefficient (Wildman–Crippen LogP) is 2.58. The summed E-state index contributed by atoms with van der Waals surface area (Å²) in [5.41, 5.74) is 1.48. The molecule has 0 heterocycles. The fourth-order valence-corrected chi connectivity index (χ4v) is 1.34. The van der Waals surface area contributed by atoms with Gasteiger partial charge in [-0.05, 0) is 24.5 Å². The summed E-state index contributed by atoms with van der Waals surface area (Å²) in [7, 11) is 0. The first-order valence-corrected chi connectivity index (χ1v) is 3.95. The molecule has 1 rings (SSSR count). The zero-order valence-electron chi connectivity index (χ0n) is 5.27. The van der Waals surface area contributed by atoms with Gasteiger partial charge in [-0.2, -0.15) is 0 Å². The number of rotatable bonds is 1. The molecule has 0 amide bonds. The zero-order valence-corrected chi connectivity index (χ0v) is 6.09. The van der Waals surface area contributed by atoms with Gasteiger partial charge in [0.2, 0.25) is 0 Å². The van der Waals surface area contributed by atoms with Crippen LogP contribution in [0.4, 0.5) is 0 Å². The molecule has 0 aromatic heterocycles. The lowest BCUT2D eigenvalue weighted by atomic mass is 10.3. The predicted molar refractivity (Wildman–Crippen MR) is 40.0 cm³/mol. The Bertz CT molecular complexity index is 142. The molecule has 44 valence electrons. The van der Waals surface area contributed by atoms with Crippen LogP contribution in [0, 0.1) is 0 Å². The Morgan fingerprint density at radius 1 is 1.50 bits per heavy atom. The van der Waals surface area contributed by atoms with Gasteiger partial charge in [-0.25, -0.2) is 0 Å². The van der Waals surface area contributed by atoms with E-state index in [4.69, 9.17) is 0 Å². The van der Waals surface area contributed by atoms with E-state index in [2.05, 4.69) is 25.3 Å². The van der Waals surface area contributed by atoms with E-state index in [1.807, 2.05) is 11.8 Å². The molecule has 0 aromatic rings. The van der Waals surface area contributed by atoms with Crippen LogP contribution in [0.2, 0.25) is 0 Å². The van der Waals surface area contributed by atoms with Gasteiger partial charge >= 0.3 is 0 Å². The molecule has 0 unspecified atom stereocenters. The van der Waals surface area contributed by atoms with Crippen LogP contribution in [-0.2, 0) is 0 Å². The molecule has 0 saturated carbocycles. The van der Waals surface area contributed by atoms with Crippen molar-refractivity contribution in [1.29, 1.82) is 0 Å². The van der Waals surface area contributed by atoms with Gasteiger partial charge in [0.05, 0.1) is 0 Å². The molecule has 1 aliphatic carbocycles. The van der Waals surface area contributed by atoms with E-state index >= 15 is 0 Å². The maximum atomic E-state index is 2.19. The SMILES string of the molecule is CSC1=CC=C(C)C1. The zero-order chi connectivity index (χ0) is 5.98. The van der Waals surface area contributed by atoms with Crippen LogP contribution in [0.25, 0.3) is 0 Å². The van der Waals surface area contributed by atoms with Gasteiger partial charge in [-0.1, -0.05) is 17.7 Å². The van der Waals surface area contributed by atoms with E-state index in [9.17, 15) is 0 Å². The highest BCUT2D eigenvalue weighted by Gasteiger charge is 2.00. The maximum absolute atomic E-state index is 2.19. The van der Waals surface area contributed by atoms with Gasteiger partial charge in [0, 0.05) is 0 Å². The average molecular weight is 126 g/mol. The summed E-state index contributed by atoms with van der Waals surface area (Å²) in [6.45, 7) is 2.17. The minimum atomic E-state index is 1.18. The van der Waals surface area contributed by atoms with Crippen LogP contribution in [0.15, 0.2) is 22.6 Å². The summed E-state index contributed by atoms with van der Waals surface area (Å²) >= 11 is 1.85. The quantitative estimate of drug-likeness (QED) is 0.520. The normalized spacial score (nSPS) is 18.2. The first-order chi connectivity index (χ1) is 3.83. The third-order valence-electron chi connectivity index (χ3n) is 1.27. The van der Waals surface area contributed by atoms with Crippen molar-refractivity contribution in [2.24, 2.45) is 0 Å². The van der Waals surface area contributed by atoms with Gasteiger partial charge in [-0.3, -0.25) is 0 Å². The molecule has 0 radical (unpaired) electrons. The van der Waals surface area contributed by atoms with Crippen molar-refractivity contribution in [3.8, 4) is 0 Å². The number of allylic oxidation sites excluding steroid dienone is 4. The summed E-state index contributed by atoms with van der Waals surface area (Å²) in [4.78, 5) is 1.49. The summed E-state index contributed by atoms with van der Waals surface area (Å²) in [5.74, 6) is 0. The lowest BCUT2D eigenvalue weighted by Gasteiger charge is -1.93. The lowest BCUT2D eigenvalue weighted by molar-refractivity contribution is 1.24. The second-order valence-corrected chi connectivity index (χ2v) is 2.96. The smallest absolute Gasteiger partial charge is 0.000671 e. The second-order valence-electron chi connectivity index (χ2n) is 2.03. The monoisotopic (exact) mass is 126 g/mol. The molecule has 0 bridgehead atoms. The third kappa shape index (κ3) is 1.16. The molecule has 0 aromatic carbocycles. The molecule has 0 saturated heterocycles. The van der Waals surface area contributed by atoms with Crippen molar-refractivity contribution >= 4 is 11.8 Å². The molecular formula is C7H10S. The van der Waals surface area contributed by atoms with Crippen molar-refractivity contribution in [1.82, 2.24) is 0 Å². The third-order valence-corrected chi connectivity index (χ3v) is 2.07. The van der Waals surface area contributed by atoms with Crippen LogP contribution >= 0.6 is 11.8 Å². The Balaban J connectivity index is 2.49. The number of hydrogen-bond acceptors (Lipinski definition) is 1. The molecule has 0 N–H and O–H groups in total. The lowest BCUT2D eigenvalue weighted by Crippen LogP contribution is -1.69. The number of thioether (sulfide) groups is 1. The molecule has 0 nitrogen and oxygen atoms in total. The minimum absolute atomic E-state index is 1.18. The Kier molecular flexibility index (Phi) is 1.79. The highest BCUT2D eigenvalue weighted by Crippen LogP contribution is 2.25. The standard InChI is InChI=1S/C7H10S/c1-6-3-4-7(5-6)8-2/h3-4H,5H2,1-2H3. The van der Waals surface area contributed by atoms with Crippen molar-refractivity contribution in [3.05, 3.63) is 22.6 Å².